The van der Waals surface area contributed by atoms with E-state index in [-0.39, 0.29) is 5.41 Å². The minimum Gasteiger partial charge on any atom is -0.399 e. The van der Waals surface area contributed by atoms with Crippen LogP contribution < -0.4 is 5.73 Å². The molecule has 96 valence electrons. The van der Waals surface area contributed by atoms with Crippen LogP contribution in [0.4, 0.5) is 5.69 Å². The van der Waals surface area contributed by atoms with Crippen molar-refractivity contribution in [1.82, 2.24) is 9.55 Å². The van der Waals surface area contributed by atoms with E-state index < -0.39 is 0 Å². The van der Waals surface area contributed by atoms with E-state index in [4.69, 9.17) is 10.5 Å². The van der Waals surface area contributed by atoms with E-state index in [1.165, 1.54) is 0 Å². The number of nitrogens with zero attached hydrogens (tertiary/aromatic N) is 2. The number of hydrogen-bond donors (Lipinski definition) is 1. The number of nitrogens with two attached hydrogens (primary N) is 1. The molecule has 18 heavy (non-hydrogen) atoms. The number of nitrogen functional groups attached to an aromatic ring is 1. The summed E-state index contributed by atoms with van der Waals surface area (Å²) in [6.45, 7) is 4.50. The summed E-state index contributed by atoms with van der Waals surface area (Å²) in [5, 5.41) is 0. The van der Waals surface area contributed by atoms with Gasteiger partial charge in [-0.3, -0.25) is 0 Å². The topological polar surface area (TPSA) is 53.1 Å². The van der Waals surface area contributed by atoms with Crippen molar-refractivity contribution in [1.29, 1.82) is 0 Å². The Morgan fingerprint density at radius 1 is 1.44 bits per heavy atom. The van der Waals surface area contributed by atoms with Crippen LogP contribution in [0, 0.1) is 5.41 Å². The maximum atomic E-state index is 5.78. The lowest BCUT2D eigenvalue weighted by Crippen LogP contribution is -2.50. The number of anilines is 1. The van der Waals surface area contributed by atoms with E-state index >= 15 is 0 Å². The summed E-state index contributed by atoms with van der Waals surface area (Å²) in [7, 11) is 1.79. The van der Waals surface area contributed by atoms with Gasteiger partial charge in [-0.2, -0.15) is 0 Å². The van der Waals surface area contributed by atoms with Crippen molar-refractivity contribution in [3.8, 4) is 0 Å². The van der Waals surface area contributed by atoms with Crippen LogP contribution in [0.3, 0.4) is 0 Å². The van der Waals surface area contributed by atoms with Gasteiger partial charge in [0.25, 0.3) is 0 Å². The number of fused-ring (bicyclic) bond motifs is 1. The Morgan fingerprint density at radius 2 is 2.22 bits per heavy atom. The number of imidazole rings is 1. The fourth-order valence-corrected chi connectivity index (χ4v) is 3.03. The molecule has 1 heterocycles. The Bertz CT molecular complexity index is 588. The van der Waals surface area contributed by atoms with E-state index in [0.29, 0.717) is 12.1 Å². The van der Waals surface area contributed by atoms with Gasteiger partial charge in [0.15, 0.2) is 0 Å². The molecule has 0 aliphatic heterocycles. The standard InChI is InChI=1S/C14H19N3O/c1-14(2)12(7-13(14)18-3)17-8-16-10-6-9(15)4-5-11(10)17/h4-6,8,12-13H,7,15H2,1-3H3. The highest BCUT2D eigenvalue weighted by atomic mass is 16.5. The molecule has 2 aromatic rings. The number of ether oxygens (including phenoxy) is 1. The molecule has 2 N–H and O–H groups in total. The van der Waals surface area contributed by atoms with Crippen LogP contribution >= 0.6 is 0 Å². The van der Waals surface area contributed by atoms with E-state index in [1.54, 1.807) is 7.11 Å². The molecule has 0 saturated heterocycles. The van der Waals surface area contributed by atoms with Gasteiger partial charge in [0.1, 0.15) is 0 Å². The third-order valence-electron chi connectivity index (χ3n) is 4.35. The van der Waals surface area contributed by atoms with Gasteiger partial charge in [-0.1, -0.05) is 13.8 Å². The van der Waals surface area contributed by atoms with Gasteiger partial charge >= 0.3 is 0 Å². The van der Waals surface area contributed by atoms with Crippen LogP contribution in [-0.4, -0.2) is 22.8 Å². The maximum Gasteiger partial charge on any atom is 0.0961 e. The second-order valence-electron chi connectivity index (χ2n) is 5.70. The van der Waals surface area contributed by atoms with E-state index in [9.17, 15) is 0 Å². The summed E-state index contributed by atoms with van der Waals surface area (Å²) in [5.41, 5.74) is 8.80. The Labute approximate surface area is 107 Å². The quantitative estimate of drug-likeness (QED) is 0.827. The highest BCUT2D eigenvalue weighted by Crippen LogP contribution is 2.51. The van der Waals surface area contributed by atoms with Crippen molar-refractivity contribution >= 4 is 16.7 Å². The van der Waals surface area contributed by atoms with Gasteiger partial charge in [-0.25, -0.2) is 4.98 Å². The van der Waals surface area contributed by atoms with Crippen molar-refractivity contribution < 1.29 is 4.74 Å². The first-order valence-electron chi connectivity index (χ1n) is 6.29. The Morgan fingerprint density at radius 3 is 2.89 bits per heavy atom. The maximum absolute atomic E-state index is 5.78. The molecule has 4 heteroatoms. The van der Waals surface area contributed by atoms with Crippen LogP contribution in [-0.2, 0) is 4.74 Å². The SMILES string of the molecule is COC1CC(n2cnc3cc(N)ccc32)C1(C)C. The lowest BCUT2D eigenvalue weighted by molar-refractivity contribution is -0.111. The third kappa shape index (κ3) is 1.45. The summed E-state index contributed by atoms with van der Waals surface area (Å²) >= 11 is 0. The van der Waals surface area contributed by atoms with Crippen molar-refractivity contribution in [2.45, 2.75) is 32.4 Å². The minimum absolute atomic E-state index is 0.143. The van der Waals surface area contributed by atoms with Gasteiger partial charge < -0.3 is 15.0 Å². The van der Waals surface area contributed by atoms with Crippen LogP contribution in [0.2, 0.25) is 0 Å². The summed E-state index contributed by atoms with van der Waals surface area (Å²) in [6, 6.07) is 6.34. The smallest absolute Gasteiger partial charge is 0.0961 e. The van der Waals surface area contributed by atoms with Crippen LogP contribution in [0.5, 0.6) is 0 Å². The molecule has 1 aliphatic rings. The predicted octanol–water partition coefficient (Wildman–Crippen LogP) is 2.60. The summed E-state index contributed by atoms with van der Waals surface area (Å²) in [6.07, 6.45) is 3.29. The predicted molar refractivity (Wildman–Crippen MR) is 72.4 cm³/mol. The van der Waals surface area contributed by atoms with Crippen molar-refractivity contribution in [3.05, 3.63) is 24.5 Å². The fourth-order valence-electron chi connectivity index (χ4n) is 3.03. The zero-order valence-corrected chi connectivity index (χ0v) is 11.1. The molecule has 3 rings (SSSR count). The molecule has 1 fully saturated rings. The number of benzene rings is 1. The molecule has 2 unspecified atom stereocenters. The average Bonchev–Trinajstić information content (AvgIpc) is 2.71. The molecule has 4 nitrogen and oxygen atoms in total. The van der Waals surface area contributed by atoms with Gasteiger partial charge in [-0.05, 0) is 24.6 Å². The minimum atomic E-state index is 0.143. The molecule has 1 saturated carbocycles. The normalized spacial score (nSPS) is 26.2. The van der Waals surface area contributed by atoms with Crippen molar-refractivity contribution in [2.75, 3.05) is 12.8 Å². The van der Waals surface area contributed by atoms with Gasteiger partial charge in [0, 0.05) is 24.3 Å². The molecule has 1 aromatic heterocycles. The number of aromatic nitrogens is 2. The monoisotopic (exact) mass is 245 g/mol. The first-order valence-corrected chi connectivity index (χ1v) is 6.29. The van der Waals surface area contributed by atoms with Crippen molar-refractivity contribution in [3.63, 3.8) is 0 Å². The zero-order chi connectivity index (χ0) is 12.9. The second-order valence-corrected chi connectivity index (χ2v) is 5.70. The molecular weight excluding hydrogens is 226 g/mol. The lowest BCUT2D eigenvalue weighted by atomic mass is 9.64. The van der Waals surface area contributed by atoms with Gasteiger partial charge in [0.2, 0.25) is 0 Å². The Kier molecular flexibility index (Phi) is 2.38. The van der Waals surface area contributed by atoms with Crippen molar-refractivity contribution in [2.24, 2.45) is 5.41 Å². The number of hydrogen-bond acceptors (Lipinski definition) is 3. The fraction of sp³-hybridized carbons (Fsp3) is 0.500. The second kappa shape index (κ2) is 3.72. The van der Waals surface area contributed by atoms with Gasteiger partial charge in [0.05, 0.1) is 23.5 Å². The molecular formula is C14H19N3O. The Hall–Kier alpha value is -1.55. The first-order chi connectivity index (χ1) is 8.54. The average molecular weight is 245 g/mol. The summed E-state index contributed by atoms with van der Waals surface area (Å²) in [4.78, 5) is 4.44. The summed E-state index contributed by atoms with van der Waals surface area (Å²) < 4.78 is 7.76. The molecule has 1 aliphatic carbocycles. The van der Waals surface area contributed by atoms with Crippen LogP contribution in [0.15, 0.2) is 24.5 Å². The molecule has 0 spiro atoms. The highest BCUT2D eigenvalue weighted by Gasteiger charge is 2.49. The molecule has 2 atom stereocenters. The molecule has 1 aromatic carbocycles. The van der Waals surface area contributed by atoms with E-state index in [2.05, 4.69) is 23.4 Å². The third-order valence-corrected chi connectivity index (χ3v) is 4.35. The molecule has 0 bridgehead atoms. The lowest BCUT2D eigenvalue weighted by Gasteiger charge is -2.51. The largest absolute Gasteiger partial charge is 0.399 e. The van der Waals surface area contributed by atoms with Crippen LogP contribution in [0.25, 0.3) is 11.0 Å². The first kappa shape index (κ1) is 11.5. The van der Waals surface area contributed by atoms with E-state index in [1.807, 2.05) is 24.5 Å². The summed E-state index contributed by atoms with van der Waals surface area (Å²) in [5.74, 6) is 0. The zero-order valence-electron chi connectivity index (χ0n) is 11.1. The van der Waals surface area contributed by atoms with E-state index in [0.717, 1.165) is 23.1 Å². The number of methoxy groups -OCH3 is 1. The number of rotatable bonds is 2. The Balaban J connectivity index is 2.01. The highest BCUT2D eigenvalue weighted by molar-refractivity contribution is 5.79. The van der Waals surface area contributed by atoms with Crippen LogP contribution in [0.1, 0.15) is 26.3 Å². The molecule has 0 amide bonds. The molecule has 0 radical (unpaired) electrons. The van der Waals surface area contributed by atoms with Gasteiger partial charge in [-0.15, -0.1) is 0 Å².